The minimum Gasteiger partial charge on any atom is -0.323 e. The number of rotatable bonds is 4. The molecule has 0 fully saturated rings. The fourth-order valence-electron chi connectivity index (χ4n) is 1.68. The van der Waals surface area contributed by atoms with Crippen LogP contribution in [-0.4, -0.2) is 15.5 Å². The number of benzene rings is 1. The third kappa shape index (κ3) is 3.43. The van der Waals surface area contributed by atoms with Crippen LogP contribution in [0, 0.1) is 17.5 Å². The molecule has 1 aromatic heterocycles. The highest BCUT2D eigenvalue weighted by molar-refractivity contribution is 5.90. The van der Waals surface area contributed by atoms with Crippen LogP contribution in [0.3, 0.4) is 0 Å². The number of aromatic nitrogens is 2. The first-order valence-corrected chi connectivity index (χ1v) is 6.11. The van der Waals surface area contributed by atoms with Gasteiger partial charge in [0.05, 0.1) is 5.69 Å². The summed E-state index contributed by atoms with van der Waals surface area (Å²) in [5, 5.41) is 2.07. The number of nitrogens with one attached hydrogen (secondary N) is 2. The SMILES string of the molecule is O=C(CCn1ccc(=O)[nH]c1=O)Nc1ccc(F)c(F)c1F. The Labute approximate surface area is 121 Å². The van der Waals surface area contributed by atoms with Gasteiger partial charge in [0.1, 0.15) is 0 Å². The summed E-state index contributed by atoms with van der Waals surface area (Å²) >= 11 is 0. The van der Waals surface area contributed by atoms with Crippen molar-refractivity contribution in [1.82, 2.24) is 9.55 Å². The molecule has 0 spiro atoms. The second-order valence-corrected chi connectivity index (χ2v) is 4.32. The molecule has 116 valence electrons. The zero-order valence-electron chi connectivity index (χ0n) is 11.0. The molecule has 0 bridgehead atoms. The van der Waals surface area contributed by atoms with Gasteiger partial charge in [-0.05, 0) is 12.1 Å². The monoisotopic (exact) mass is 313 g/mol. The third-order valence-electron chi connectivity index (χ3n) is 2.79. The van der Waals surface area contributed by atoms with Gasteiger partial charge in [-0.25, -0.2) is 18.0 Å². The van der Waals surface area contributed by atoms with Gasteiger partial charge in [0.2, 0.25) is 5.91 Å². The van der Waals surface area contributed by atoms with E-state index >= 15 is 0 Å². The Morgan fingerprint density at radius 1 is 1.14 bits per heavy atom. The van der Waals surface area contributed by atoms with Gasteiger partial charge in [-0.2, -0.15) is 0 Å². The standard InChI is InChI=1S/C13H10F3N3O3/c14-7-1-2-8(12(16)11(7)15)17-9(20)3-5-19-6-4-10(21)18-13(19)22/h1-2,4,6H,3,5H2,(H,17,20)(H,18,21,22). The van der Waals surface area contributed by atoms with E-state index in [0.29, 0.717) is 6.07 Å². The van der Waals surface area contributed by atoms with Gasteiger partial charge >= 0.3 is 5.69 Å². The van der Waals surface area contributed by atoms with E-state index in [2.05, 4.69) is 5.32 Å². The van der Waals surface area contributed by atoms with Crippen LogP contribution in [0.2, 0.25) is 0 Å². The van der Waals surface area contributed by atoms with Crippen molar-refractivity contribution in [3.8, 4) is 0 Å². The van der Waals surface area contributed by atoms with E-state index in [1.165, 1.54) is 6.20 Å². The summed E-state index contributed by atoms with van der Waals surface area (Å²) in [6, 6.07) is 2.67. The van der Waals surface area contributed by atoms with Gasteiger partial charge in [0.15, 0.2) is 17.5 Å². The van der Waals surface area contributed by atoms with Crippen molar-refractivity contribution in [3.05, 3.63) is 62.7 Å². The molecule has 2 rings (SSSR count). The number of hydrogen-bond donors (Lipinski definition) is 2. The molecular weight excluding hydrogens is 303 g/mol. The fraction of sp³-hybridized carbons (Fsp3) is 0.154. The number of halogens is 3. The Morgan fingerprint density at radius 3 is 2.55 bits per heavy atom. The predicted octanol–water partition coefficient (Wildman–Crippen LogP) is 0.983. The minimum atomic E-state index is -1.69. The summed E-state index contributed by atoms with van der Waals surface area (Å²) in [4.78, 5) is 35.9. The number of aryl methyl sites for hydroxylation is 1. The number of hydrogen-bond acceptors (Lipinski definition) is 3. The number of amides is 1. The molecule has 0 aliphatic carbocycles. The summed E-state index contributed by atoms with van der Waals surface area (Å²) in [5.74, 6) is -5.26. The van der Waals surface area contributed by atoms with E-state index < -0.39 is 40.3 Å². The smallest absolute Gasteiger partial charge is 0.323 e. The molecule has 1 amide bonds. The molecule has 0 saturated heterocycles. The van der Waals surface area contributed by atoms with E-state index in [1.54, 1.807) is 0 Å². The van der Waals surface area contributed by atoms with E-state index in [9.17, 15) is 27.6 Å². The van der Waals surface area contributed by atoms with E-state index in [4.69, 9.17) is 0 Å². The van der Waals surface area contributed by atoms with Gasteiger partial charge in [0, 0.05) is 25.2 Å². The maximum atomic E-state index is 13.4. The molecule has 2 aromatic rings. The van der Waals surface area contributed by atoms with Crippen molar-refractivity contribution < 1.29 is 18.0 Å². The summed E-state index contributed by atoms with van der Waals surface area (Å²) in [7, 11) is 0. The molecule has 6 nitrogen and oxygen atoms in total. The van der Waals surface area contributed by atoms with Crippen LogP contribution in [0.25, 0.3) is 0 Å². The van der Waals surface area contributed by atoms with Crippen LogP contribution in [0.5, 0.6) is 0 Å². The fourth-order valence-corrected chi connectivity index (χ4v) is 1.68. The lowest BCUT2D eigenvalue weighted by Crippen LogP contribution is -2.29. The normalized spacial score (nSPS) is 10.5. The Bertz CT molecular complexity index is 829. The van der Waals surface area contributed by atoms with Crippen molar-refractivity contribution >= 4 is 11.6 Å². The first kappa shape index (κ1) is 15.5. The topological polar surface area (TPSA) is 84.0 Å². The van der Waals surface area contributed by atoms with E-state index in [-0.39, 0.29) is 13.0 Å². The number of carbonyl (C=O) groups excluding carboxylic acids is 1. The number of carbonyl (C=O) groups is 1. The molecule has 2 N–H and O–H groups in total. The second kappa shape index (κ2) is 6.29. The van der Waals surface area contributed by atoms with E-state index in [1.807, 2.05) is 4.98 Å². The molecule has 0 aliphatic heterocycles. The number of aromatic amines is 1. The van der Waals surface area contributed by atoms with Crippen LogP contribution in [0.1, 0.15) is 6.42 Å². The van der Waals surface area contributed by atoms with Crippen LogP contribution in [0.4, 0.5) is 18.9 Å². The Morgan fingerprint density at radius 2 is 1.86 bits per heavy atom. The summed E-state index contributed by atoms with van der Waals surface area (Å²) in [6.45, 7) is -0.0766. The quantitative estimate of drug-likeness (QED) is 0.825. The van der Waals surface area contributed by atoms with Crippen LogP contribution >= 0.6 is 0 Å². The molecular formula is C13H10F3N3O3. The van der Waals surface area contributed by atoms with Gasteiger partial charge < -0.3 is 9.88 Å². The predicted molar refractivity (Wildman–Crippen MR) is 70.9 cm³/mol. The Kier molecular flexibility index (Phi) is 4.44. The summed E-state index contributed by atoms with van der Waals surface area (Å²) in [5.41, 5.74) is -1.77. The highest BCUT2D eigenvalue weighted by Gasteiger charge is 2.15. The molecule has 0 unspecified atom stereocenters. The van der Waals surface area contributed by atoms with Crippen LogP contribution in [-0.2, 0) is 11.3 Å². The molecule has 0 aliphatic rings. The van der Waals surface area contributed by atoms with Crippen LogP contribution in [0.15, 0.2) is 34.0 Å². The lowest BCUT2D eigenvalue weighted by atomic mass is 10.2. The zero-order valence-corrected chi connectivity index (χ0v) is 11.0. The highest BCUT2D eigenvalue weighted by atomic mass is 19.2. The molecule has 22 heavy (non-hydrogen) atoms. The van der Waals surface area contributed by atoms with Crippen molar-refractivity contribution in [2.45, 2.75) is 13.0 Å². The molecule has 0 radical (unpaired) electrons. The highest BCUT2D eigenvalue weighted by Crippen LogP contribution is 2.19. The Balaban J connectivity index is 2.03. The number of H-pyrrole nitrogens is 1. The average molecular weight is 313 g/mol. The van der Waals surface area contributed by atoms with Gasteiger partial charge in [-0.3, -0.25) is 14.6 Å². The van der Waals surface area contributed by atoms with Crippen LogP contribution < -0.4 is 16.6 Å². The van der Waals surface area contributed by atoms with Gasteiger partial charge in [-0.15, -0.1) is 0 Å². The lowest BCUT2D eigenvalue weighted by Gasteiger charge is -2.08. The molecule has 0 atom stereocenters. The maximum Gasteiger partial charge on any atom is 0.328 e. The maximum absolute atomic E-state index is 13.4. The summed E-state index contributed by atoms with van der Waals surface area (Å²) < 4.78 is 40.2. The molecule has 0 saturated carbocycles. The molecule has 1 heterocycles. The first-order chi connectivity index (χ1) is 10.4. The first-order valence-electron chi connectivity index (χ1n) is 6.11. The average Bonchev–Trinajstić information content (AvgIpc) is 2.47. The number of nitrogens with zero attached hydrogens (tertiary/aromatic N) is 1. The van der Waals surface area contributed by atoms with Crippen molar-refractivity contribution in [3.63, 3.8) is 0 Å². The van der Waals surface area contributed by atoms with Crippen molar-refractivity contribution in [1.29, 1.82) is 0 Å². The largest absolute Gasteiger partial charge is 0.328 e. The third-order valence-corrected chi connectivity index (χ3v) is 2.79. The molecule has 1 aromatic carbocycles. The summed E-state index contributed by atoms with van der Waals surface area (Å²) in [6.07, 6.45) is 0.969. The number of anilines is 1. The van der Waals surface area contributed by atoms with Crippen molar-refractivity contribution in [2.75, 3.05) is 5.32 Å². The molecule has 9 heteroatoms. The Hall–Kier alpha value is -2.84. The van der Waals surface area contributed by atoms with Gasteiger partial charge in [-0.1, -0.05) is 0 Å². The minimum absolute atomic E-state index is 0.0766. The van der Waals surface area contributed by atoms with E-state index in [0.717, 1.165) is 16.7 Å². The lowest BCUT2D eigenvalue weighted by molar-refractivity contribution is -0.116. The van der Waals surface area contributed by atoms with Gasteiger partial charge in [0.25, 0.3) is 5.56 Å². The second-order valence-electron chi connectivity index (χ2n) is 4.32. The van der Waals surface area contributed by atoms with Crippen molar-refractivity contribution in [2.24, 2.45) is 0 Å². The zero-order chi connectivity index (χ0) is 16.3.